The van der Waals surface area contributed by atoms with E-state index in [4.69, 9.17) is 14.2 Å². The maximum atomic E-state index is 12.2. The molecule has 0 unspecified atom stereocenters. The minimum Gasteiger partial charge on any atom is -0.493 e. The van der Waals surface area contributed by atoms with E-state index < -0.39 is 18.5 Å². The zero-order chi connectivity index (χ0) is 19.1. The number of amides is 1. The molecule has 0 aromatic heterocycles. The number of benzene rings is 2. The van der Waals surface area contributed by atoms with E-state index in [1.807, 2.05) is 19.9 Å². The molecular weight excluding hydrogens is 402 g/mol. The molecule has 0 saturated carbocycles. The lowest BCUT2D eigenvalue weighted by Gasteiger charge is -2.14. The largest absolute Gasteiger partial charge is 0.493 e. The number of hydrogen-bond acceptors (Lipinski definition) is 5. The quantitative estimate of drug-likeness (QED) is 0.682. The zero-order valence-corrected chi connectivity index (χ0v) is 16.3. The van der Waals surface area contributed by atoms with Crippen LogP contribution in [0.5, 0.6) is 11.5 Å². The summed E-state index contributed by atoms with van der Waals surface area (Å²) in [6.07, 6.45) is -0.0253. The highest BCUT2D eigenvalue weighted by Crippen LogP contribution is 2.29. The molecule has 0 aliphatic carbocycles. The van der Waals surface area contributed by atoms with Gasteiger partial charge in [-0.2, -0.15) is 0 Å². The predicted octanol–water partition coefficient (Wildman–Crippen LogP) is 4.04. The Morgan fingerprint density at radius 3 is 2.50 bits per heavy atom. The lowest BCUT2D eigenvalue weighted by molar-refractivity contribution is -0.119. The van der Waals surface area contributed by atoms with Crippen molar-refractivity contribution in [1.82, 2.24) is 0 Å². The fraction of sp³-hybridized carbons (Fsp3) is 0.263. The van der Waals surface area contributed by atoms with Crippen LogP contribution in [0.3, 0.4) is 0 Å². The summed E-state index contributed by atoms with van der Waals surface area (Å²) in [4.78, 5) is 24.1. The molecule has 0 aliphatic heterocycles. The predicted molar refractivity (Wildman–Crippen MR) is 102 cm³/mol. The smallest absolute Gasteiger partial charge is 0.338 e. The molecule has 0 spiro atoms. The van der Waals surface area contributed by atoms with Crippen LogP contribution in [-0.2, 0) is 9.53 Å². The minimum atomic E-state index is -0.623. The number of anilines is 1. The standard InChI is InChI=1S/C19H20BrNO5/c1-12(2)26-16-9-8-13(10-17(16)24-3)19(23)25-11-18(22)21-15-7-5-4-6-14(15)20/h4-10,12H,11H2,1-3H3,(H,21,22). The van der Waals surface area contributed by atoms with Crippen LogP contribution in [0.4, 0.5) is 5.69 Å². The molecular formula is C19H20BrNO5. The Labute approximate surface area is 160 Å². The lowest BCUT2D eigenvalue weighted by atomic mass is 10.2. The summed E-state index contributed by atoms with van der Waals surface area (Å²) in [5, 5.41) is 2.66. The summed E-state index contributed by atoms with van der Waals surface area (Å²) >= 11 is 3.33. The highest BCUT2D eigenvalue weighted by molar-refractivity contribution is 9.10. The Balaban J connectivity index is 1.97. The van der Waals surface area contributed by atoms with Crippen LogP contribution < -0.4 is 14.8 Å². The van der Waals surface area contributed by atoms with E-state index in [1.165, 1.54) is 13.2 Å². The maximum absolute atomic E-state index is 12.2. The molecule has 7 heteroatoms. The monoisotopic (exact) mass is 421 g/mol. The second-order valence-corrected chi connectivity index (χ2v) is 6.49. The number of para-hydroxylation sites is 1. The van der Waals surface area contributed by atoms with E-state index in [0.29, 0.717) is 17.2 Å². The Morgan fingerprint density at radius 1 is 1.12 bits per heavy atom. The summed E-state index contributed by atoms with van der Waals surface area (Å²) in [5.41, 5.74) is 0.872. The fourth-order valence-corrected chi connectivity index (χ4v) is 2.49. The van der Waals surface area contributed by atoms with Gasteiger partial charge in [-0.25, -0.2) is 4.79 Å². The SMILES string of the molecule is COc1cc(C(=O)OCC(=O)Nc2ccccc2Br)ccc1OC(C)C. The molecule has 2 aromatic carbocycles. The molecule has 138 valence electrons. The van der Waals surface area contributed by atoms with Gasteiger partial charge in [-0.3, -0.25) is 4.79 Å². The van der Waals surface area contributed by atoms with Crippen LogP contribution in [0.25, 0.3) is 0 Å². The molecule has 0 atom stereocenters. The van der Waals surface area contributed by atoms with Crippen molar-refractivity contribution < 1.29 is 23.8 Å². The first kappa shape index (κ1) is 19.8. The molecule has 0 heterocycles. The first-order chi connectivity index (χ1) is 12.4. The molecule has 6 nitrogen and oxygen atoms in total. The summed E-state index contributed by atoms with van der Waals surface area (Å²) in [7, 11) is 1.49. The van der Waals surface area contributed by atoms with Gasteiger partial charge in [0.2, 0.25) is 0 Å². The number of hydrogen-bond donors (Lipinski definition) is 1. The van der Waals surface area contributed by atoms with Gasteiger partial charge in [0, 0.05) is 4.47 Å². The van der Waals surface area contributed by atoms with Crippen LogP contribution in [0, 0.1) is 0 Å². The number of halogens is 1. The van der Waals surface area contributed by atoms with Gasteiger partial charge in [0.05, 0.1) is 24.5 Å². The van der Waals surface area contributed by atoms with Crippen LogP contribution in [0.1, 0.15) is 24.2 Å². The third-order valence-electron chi connectivity index (χ3n) is 3.24. The Hall–Kier alpha value is -2.54. The average molecular weight is 422 g/mol. The third kappa shape index (κ3) is 5.49. The molecule has 2 rings (SSSR count). The van der Waals surface area contributed by atoms with E-state index in [2.05, 4.69) is 21.2 Å². The van der Waals surface area contributed by atoms with Gasteiger partial charge in [0.25, 0.3) is 5.91 Å². The highest BCUT2D eigenvalue weighted by Gasteiger charge is 2.15. The molecule has 0 aliphatic rings. The fourth-order valence-electron chi connectivity index (χ4n) is 2.11. The topological polar surface area (TPSA) is 73.9 Å². The second kappa shape index (κ2) is 9.24. The number of rotatable bonds is 7. The number of esters is 1. The summed E-state index contributed by atoms with van der Waals surface area (Å²) in [6, 6.07) is 11.9. The van der Waals surface area contributed by atoms with Crippen LogP contribution in [-0.4, -0.2) is 31.7 Å². The van der Waals surface area contributed by atoms with Crippen molar-refractivity contribution in [2.24, 2.45) is 0 Å². The van der Waals surface area contributed by atoms with Gasteiger partial charge in [-0.1, -0.05) is 12.1 Å². The van der Waals surface area contributed by atoms with Crippen molar-refractivity contribution >= 4 is 33.5 Å². The van der Waals surface area contributed by atoms with Crippen molar-refractivity contribution in [1.29, 1.82) is 0 Å². The number of nitrogens with one attached hydrogen (secondary N) is 1. The summed E-state index contributed by atoms with van der Waals surface area (Å²) < 4.78 is 16.6. The number of methoxy groups -OCH3 is 1. The van der Waals surface area contributed by atoms with Crippen molar-refractivity contribution in [2.75, 3.05) is 19.0 Å². The Kier molecular flexibility index (Phi) is 7.03. The Bertz CT molecular complexity index is 791. The first-order valence-electron chi connectivity index (χ1n) is 7.97. The molecule has 1 amide bonds. The van der Waals surface area contributed by atoms with Crippen LogP contribution in [0.15, 0.2) is 46.9 Å². The van der Waals surface area contributed by atoms with Crippen LogP contribution in [0.2, 0.25) is 0 Å². The van der Waals surface area contributed by atoms with E-state index in [-0.39, 0.29) is 11.7 Å². The van der Waals surface area contributed by atoms with E-state index in [1.54, 1.807) is 30.3 Å². The van der Waals surface area contributed by atoms with Gasteiger partial charge in [-0.15, -0.1) is 0 Å². The second-order valence-electron chi connectivity index (χ2n) is 5.64. The van der Waals surface area contributed by atoms with Crippen molar-refractivity contribution in [2.45, 2.75) is 20.0 Å². The molecule has 1 N–H and O–H groups in total. The van der Waals surface area contributed by atoms with E-state index in [0.717, 1.165) is 4.47 Å². The third-order valence-corrected chi connectivity index (χ3v) is 3.94. The van der Waals surface area contributed by atoms with Crippen molar-refractivity contribution in [3.05, 3.63) is 52.5 Å². The molecule has 2 aromatic rings. The van der Waals surface area contributed by atoms with Crippen molar-refractivity contribution in [3.8, 4) is 11.5 Å². The van der Waals surface area contributed by atoms with E-state index in [9.17, 15) is 9.59 Å². The van der Waals surface area contributed by atoms with Gasteiger partial charge >= 0.3 is 5.97 Å². The lowest BCUT2D eigenvalue weighted by Crippen LogP contribution is -2.21. The van der Waals surface area contributed by atoms with Crippen LogP contribution >= 0.6 is 15.9 Å². The molecule has 0 radical (unpaired) electrons. The zero-order valence-electron chi connectivity index (χ0n) is 14.7. The van der Waals surface area contributed by atoms with Gasteiger partial charge in [0.15, 0.2) is 18.1 Å². The first-order valence-corrected chi connectivity index (χ1v) is 8.76. The Morgan fingerprint density at radius 2 is 1.85 bits per heavy atom. The molecule has 0 saturated heterocycles. The molecule has 0 fully saturated rings. The number of carbonyl (C=O) groups excluding carboxylic acids is 2. The van der Waals surface area contributed by atoms with Gasteiger partial charge < -0.3 is 19.5 Å². The normalized spacial score (nSPS) is 10.3. The minimum absolute atomic E-state index is 0.0253. The average Bonchev–Trinajstić information content (AvgIpc) is 2.61. The number of ether oxygens (including phenoxy) is 3. The van der Waals surface area contributed by atoms with Crippen molar-refractivity contribution in [3.63, 3.8) is 0 Å². The molecule has 0 bridgehead atoms. The van der Waals surface area contributed by atoms with Gasteiger partial charge in [-0.05, 0) is 60.1 Å². The van der Waals surface area contributed by atoms with E-state index >= 15 is 0 Å². The maximum Gasteiger partial charge on any atom is 0.338 e. The summed E-state index contributed by atoms with van der Waals surface area (Å²) in [5.74, 6) is -0.102. The van der Waals surface area contributed by atoms with Gasteiger partial charge in [0.1, 0.15) is 0 Å². The highest BCUT2D eigenvalue weighted by atomic mass is 79.9. The molecule has 26 heavy (non-hydrogen) atoms. The summed E-state index contributed by atoms with van der Waals surface area (Å²) in [6.45, 7) is 3.39. The number of carbonyl (C=O) groups is 2.